The topological polar surface area (TPSA) is 58.6 Å². The number of anilines is 1. The molecular formula is C23H28N2O3. The first kappa shape index (κ1) is 19.9. The van der Waals surface area contributed by atoms with Crippen LogP contribution in [0.4, 0.5) is 10.5 Å². The van der Waals surface area contributed by atoms with Gasteiger partial charge in [0.05, 0.1) is 0 Å². The van der Waals surface area contributed by atoms with E-state index in [2.05, 4.69) is 19.2 Å². The van der Waals surface area contributed by atoms with E-state index in [0.29, 0.717) is 18.9 Å². The summed E-state index contributed by atoms with van der Waals surface area (Å²) in [5, 5.41) is 3.04. The molecule has 3 rings (SSSR count). The lowest BCUT2D eigenvalue weighted by atomic mass is 9.96. The molecule has 0 radical (unpaired) electrons. The van der Waals surface area contributed by atoms with Crippen LogP contribution in [0.15, 0.2) is 54.6 Å². The van der Waals surface area contributed by atoms with Gasteiger partial charge in [-0.25, -0.2) is 4.79 Å². The highest BCUT2D eigenvalue weighted by molar-refractivity contribution is 6.00. The van der Waals surface area contributed by atoms with Gasteiger partial charge < -0.3 is 10.1 Å². The quantitative estimate of drug-likeness (QED) is 0.799. The van der Waals surface area contributed by atoms with Crippen molar-refractivity contribution < 1.29 is 14.3 Å². The number of nitrogens with zero attached hydrogens (tertiary/aromatic N) is 1. The minimum absolute atomic E-state index is 0.172. The van der Waals surface area contributed by atoms with Crippen molar-refractivity contribution in [1.82, 2.24) is 4.90 Å². The largest absolute Gasteiger partial charge is 0.445 e. The monoisotopic (exact) mass is 380 g/mol. The van der Waals surface area contributed by atoms with Crippen LogP contribution in [0.2, 0.25) is 0 Å². The molecule has 0 spiro atoms. The van der Waals surface area contributed by atoms with Gasteiger partial charge in [0, 0.05) is 12.2 Å². The lowest BCUT2D eigenvalue weighted by Gasteiger charge is -2.33. The molecule has 2 aromatic rings. The molecular weight excluding hydrogens is 352 g/mol. The van der Waals surface area contributed by atoms with Crippen LogP contribution in [0.25, 0.3) is 0 Å². The first-order valence-electron chi connectivity index (χ1n) is 9.80. The molecule has 1 N–H and O–H groups in total. The molecule has 0 bridgehead atoms. The summed E-state index contributed by atoms with van der Waals surface area (Å²) < 4.78 is 5.48. The number of benzene rings is 2. The fraction of sp³-hybridized carbons (Fsp3) is 0.391. The number of carbonyl (C=O) groups excluding carboxylic acids is 2. The van der Waals surface area contributed by atoms with Crippen molar-refractivity contribution in [3.63, 3.8) is 0 Å². The summed E-state index contributed by atoms with van der Waals surface area (Å²) in [5.74, 6) is 0.120. The minimum Gasteiger partial charge on any atom is -0.445 e. The number of amides is 2. The van der Waals surface area contributed by atoms with Gasteiger partial charge in [-0.1, -0.05) is 62.4 Å². The molecule has 0 saturated carbocycles. The van der Waals surface area contributed by atoms with Gasteiger partial charge in [0.25, 0.3) is 0 Å². The summed E-state index contributed by atoms with van der Waals surface area (Å²) in [4.78, 5) is 27.4. The number of hydrogen-bond donors (Lipinski definition) is 1. The maximum atomic E-state index is 13.1. The number of likely N-dealkylation sites (tertiary alicyclic amines) is 1. The number of para-hydroxylation sites is 1. The van der Waals surface area contributed by atoms with Crippen molar-refractivity contribution in [3.05, 3.63) is 65.7 Å². The molecule has 0 aromatic heterocycles. The number of rotatable bonds is 5. The van der Waals surface area contributed by atoms with Crippen LogP contribution in [0.1, 0.15) is 50.7 Å². The van der Waals surface area contributed by atoms with E-state index < -0.39 is 11.6 Å². The summed E-state index contributed by atoms with van der Waals surface area (Å²) in [6.07, 6.45) is 0.940. The Morgan fingerprint density at radius 2 is 1.79 bits per heavy atom. The van der Waals surface area contributed by atoms with Crippen molar-refractivity contribution in [2.75, 3.05) is 11.9 Å². The number of hydrogen-bond acceptors (Lipinski definition) is 3. The lowest BCUT2D eigenvalue weighted by Crippen LogP contribution is -2.53. The average Bonchev–Trinajstić information content (AvgIpc) is 3.10. The molecule has 1 unspecified atom stereocenters. The molecule has 1 fully saturated rings. The highest BCUT2D eigenvalue weighted by atomic mass is 16.6. The smallest absolute Gasteiger partial charge is 0.410 e. The predicted octanol–water partition coefficient (Wildman–Crippen LogP) is 4.94. The third-order valence-electron chi connectivity index (χ3n) is 5.39. The van der Waals surface area contributed by atoms with Crippen LogP contribution in [0.5, 0.6) is 0 Å². The van der Waals surface area contributed by atoms with Gasteiger partial charge in [0.2, 0.25) is 5.91 Å². The van der Waals surface area contributed by atoms with Crippen LogP contribution in [0.3, 0.4) is 0 Å². The molecule has 1 saturated heterocycles. The summed E-state index contributed by atoms with van der Waals surface area (Å²) in [6.45, 7) is 6.72. The van der Waals surface area contributed by atoms with Crippen LogP contribution in [0, 0.1) is 0 Å². The van der Waals surface area contributed by atoms with Gasteiger partial charge >= 0.3 is 6.09 Å². The first-order chi connectivity index (χ1) is 13.4. The average molecular weight is 380 g/mol. The molecule has 28 heavy (non-hydrogen) atoms. The van der Waals surface area contributed by atoms with Crippen molar-refractivity contribution in [2.45, 2.75) is 51.7 Å². The van der Waals surface area contributed by atoms with Crippen LogP contribution >= 0.6 is 0 Å². The Hall–Kier alpha value is -2.82. The van der Waals surface area contributed by atoms with Gasteiger partial charge in [-0.3, -0.25) is 9.69 Å². The second kappa shape index (κ2) is 8.46. The zero-order valence-electron chi connectivity index (χ0n) is 16.8. The molecule has 1 heterocycles. The molecule has 0 aliphatic carbocycles. The van der Waals surface area contributed by atoms with Crippen molar-refractivity contribution in [2.24, 2.45) is 0 Å². The summed E-state index contributed by atoms with van der Waals surface area (Å²) in [7, 11) is 0. The Balaban J connectivity index is 1.71. The first-order valence-corrected chi connectivity index (χ1v) is 9.80. The summed E-state index contributed by atoms with van der Waals surface area (Å²) in [5.41, 5.74) is 1.88. The molecule has 5 nitrogen and oxygen atoms in total. The van der Waals surface area contributed by atoms with E-state index in [1.54, 1.807) is 4.90 Å². The zero-order chi connectivity index (χ0) is 20.1. The Labute approximate surface area is 166 Å². The Morgan fingerprint density at radius 3 is 2.50 bits per heavy atom. The summed E-state index contributed by atoms with van der Waals surface area (Å²) >= 11 is 0. The van der Waals surface area contributed by atoms with Gasteiger partial charge in [-0.2, -0.15) is 0 Å². The van der Waals surface area contributed by atoms with Crippen molar-refractivity contribution in [1.29, 1.82) is 0 Å². The van der Waals surface area contributed by atoms with Crippen LogP contribution in [-0.4, -0.2) is 29.0 Å². The minimum atomic E-state index is -0.919. The molecule has 1 atom stereocenters. The lowest BCUT2D eigenvalue weighted by molar-refractivity contribution is -0.125. The maximum absolute atomic E-state index is 13.1. The Morgan fingerprint density at radius 1 is 1.11 bits per heavy atom. The van der Waals surface area contributed by atoms with Crippen molar-refractivity contribution in [3.8, 4) is 0 Å². The van der Waals surface area contributed by atoms with Crippen molar-refractivity contribution >= 4 is 17.7 Å². The normalized spacial score (nSPS) is 18.9. The van der Waals surface area contributed by atoms with E-state index in [4.69, 9.17) is 4.74 Å². The van der Waals surface area contributed by atoms with Gasteiger partial charge in [0.1, 0.15) is 12.1 Å². The number of ether oxygens (including phenoxy) is 1. The predicted molar refractivity (Wildman–Crippen MR) is 110 cm³/mol. The summed E-state index contributed by atoms with van der Waals surface area (Å²) in [6, 6.07) is 17.3. The molecule has 5 heteroatoms. The zero-order valence-corrected chi connectivity index (χ0v) is 16.8. The molecule has 2 amide bonds. The molecule has 2 aromatic carbocycles. The Bertz CT molecular complexity index is 835. The van der Waals surface area contributed by atoms with E-state index in [1.807, 2.05) is 61.5 Å². The van der Waals surface area contributed by atoms with E-state index in [9.17, 15) is 9.59 Å². The Kier molecular flexibility index (Phi) is 6.02. The highest BCUT2D eigenvalue weighted by Crippen LogP contribution is 2.32. The van der Waals surface area contributed by atoms with Crippen LogP contribution < -0.4 is 5.32 Å². The van der Waals surface area contributed by atoms with E-state index >= 15 is 0 Å². The number of nitrogens with one attached hydrogen (secondary N) is 1. The molecule has 1 aliphatic rings. The van der Waals surface area contributed by atoms with Gasteiger partial charge in [-0.15, -0.1) is 0 Å². The molecule has 1 aliphatic heterocycles. The van der Waals surface area contributed by atoms with E-state index in [0.717, 1.165) is 23.2 Å². The standard InChI is InChI=1S/C23H28N2O3/c1-17(2)19-12-7-8-13-20(19)24-21(26)23(3)14-9-15-25(23)22(27)28-16-18-10-5-4-6-11-18/h4-8,10-13,17H,9,14-16H2,1-3H3,(H,24,26). The van der Waals surface area contributed by atoms with Crippen LogP contribution in [-0.2, 0) is 16.1 Å². The second-order valence-electron chi connectivity index (χ2n) is 7.77. The highest BCUT2D eigenvalue weighted by Gasteiger charge is 2.46. The SMILES string of the molecule is CC(C)c1ccccc1NC(=O)C1(C)CCCN1C(=O)OCc1ccccc1. The second-order valence-corrected chi connectivity index (χ2v) is 7.77. The van der Waals surface area contributed by atoms with E-state index in [-0.39, 0.29) is 12.5 Å². The fourth-order valence-corrected chi connectivity index (χ4v) is 3.66. The van der Waals surface area contributed by atoms with E-state index in [1.165, 1.54) is 0 Å². The van der Waals surface area contributed by atoms with Gasteiger partial charge in [-0.05, 0) is 42.9 Å². The fourth-order valence-electron chi connectivity index (χ4n) is 3.66. The number of carbonyl (C=O) groups is 2. The third-order valence-corrected chi connectivity index (χ3v) is 5.39. The maximum Gasteiger partial charge on any atom is 0.410 e. The third kappa shape index (κ3) is 4.19. The molecule has 148 valence electrons. The van der Waals surface area contributed by atoms with Gasteiger partial charge in [0.15, 0.2) is 0 Å².